The number of aromatic nitrogens is 2. The van der Waals surface area contributed by atoms with E-state index in [1.165, 1.54) is 0 Å². The summed E-state index contributed by atoms with van der Waals surface area (Å²) in [4.78, 5) is 37.3. The molecule has 1 aliphatic heterocycles. The average Bonchev–Trinajstić information content (AvgIpc) is 3.32. The molecule has 0 bridgehead atoms. The van der Waals surface area contributed by atoms with Crippen LogP contribution in [0.3, 0.4) is 0 Å². The predicted molar refractivity (Wildman–Crippen MR) is 133 cm³/mol. The number of piperazine rings is 1. The Morgan fingerprint density at radius 2 is 1.78 bits per heavy atom. The number of hydrogen-bond acceptors (Lipinski definition) is 6. The highest BCUT2D eigenvalue weighted by molar-refractivity contribution is 5.94. The van der Waals surface area contributed by atoms with E-state index in [0.717, 1.165) is 25.7 Å². The number of nitrogens with zero attached hydrogens (tertiary/aromatic N) is 4. The van der Waals surface area contributed by atoms with Crippen LogP contribution in [-0.2, 0) is 17.4 Å². The maximum Gasteiger partial charge on any atom is 0.419 e. The van der Waals surface area contributed by atoms with Gasteiger partial charge in [0.15, 0.2) is 0 Å². The quantitative estimate of drug-likeness (QED) is 0.581. The number of hydrogen-bond donors (Lipinski definition) is 2. The summed E-state index contributed by atoms with van der Waals surface area (Å²) in [5.74, 6) is -0.662. The number of alkyl halides is 3. The van der Waals surface area contributed by atoms with Gasteiger partial charge in [0.2, 0.25) is 11.9 Å². The van der Waals surface area contributed by atoms with Gasteiger partial charge in [0.05, 0.1) is 11.3 Å². The van der Waals surface area contributed by atoms with Crippen molar-refractivity contribution < 1.29 is 22.8 Å². The fourth-order valence-electron chi connectivity index (χ4n) is 5.07. The first-order valence-corrected chi connectivity index (χ1v) is 12.7. The standard InChI is InChI=1S/C26H33F3N6O2/c1-3-30-23(36)20-6-4-5-18(20)15-22-21(26(27,28)29)16-31-25(33-22)32-19-9-7-17(8-10-19)24(37)35-13-11-34(2)12-14-35/h7-10,16,18,20H,3-6,11-15H2,1-2H3,(H,30,36)(H,31,32,33)/t18-,20-/m0/s1. The van der Waals surface area contributed by atoms with Crippen molar-refractivity contribution in [1.29, 1.82) is 0 Å². The molecule has 1 aromatic heterocycles. The summed E-state index contributed by atoms with van der Waals surface area (Å²) in [6, 6.07) is 6.74. The Bertz CT molecular complexity index is 1100. The summed E-state index contributed by atoms with van der Waals surface area (Å²) in [6.07, 6.45) is -1.62. The van der Waals surface area contributed by atoms with Crippen molar-refractivity contribution in [3.8, 4) is 0 Å². The zero-order chi connectivity index (χ0) is 26.6. The number of benzene rings is 1. The predicted octanol–water partition coefficient (Wildman–Crippen LogP) is 3.72. The van der Waals surface area contributed by atoms with Gasteiger partial charge in [-0.3, -0.25) is 9.59 Å². The van der Waals surface area contributed by atoms with Crippen LogP contribution in [0.4, 0.5) is 24.8 Å². The van der Waals surface area contributed by atoms with E-state index in [0.29, 0.717) is 43.7 Å². The van der Waals surface area contributed by atoms with E-state index in [-0.39, 0.29) is 41.7 Å². The SMILES string of the molecule is CCNC(=O)[C@H]1CCC[C@H]1Cc1nc(Nc2ccc(C(=O)N3CCN(C)CC3)cc2)ncc1C(F)(F)F. The summed E-state index contributed by atoms with van der Waals surface area (Å²) in [7, 11) is 2.02. The number of nitrogens with one attached hydrogen (secondary N) is 2. The Kier molecular flexibility index (Phi) is 8.31. The van der Waals surface area contributed by atoms with E-state index in [9.17, 15) is 22.8 Å². The number of carbonyl (C=O) groups is 2. The molecule has 8 nitrogen and oxygen atoms in total. The molecule has 4 rings (SSSR count). The van der Waals surface area contributed by atoms with Crippen LogP contribution < -0.4 is 10.6 Å². The average molecular weight is 519 g/mol. The van der Waals surface area contributed by atoms with Gasteiger partial charge in [-0.15, -0.1) is 0 Å². The second kappa shape index (κ2) is 11.5. The Labute approximate surface area is 214 Å². The third-order valence-corrected chi connectivity index (χ3v) is 7.15. The number of likely N-dealkylation sites (N-methyl/N-ethyl adjacent to an activating group) is 1. The Balaban J connectivity index is 1.49. The normalized spacial score (nSPS) is 20.6. The van der Waals surface area contributed by atoms with Gasteiger partial charge in [-0.1, -0.05) is 6.42 Å². The minimum Gasteiger partial charge on any atom is -0.356 e. The molecule has 200 valence electrons. The molecule has 2 heterocycles. The number of rotatable bonds is 7. The highest BCUT2D eigenvalue weighted by atomic mass is 19.4. The molecule has 37 heavy (non-hydrogen) atoms. The molecule has 1 aromatic carbocycles. The van der Waals surface area contributed by atoms with Gasteiger partial charge in [-0.05, 0) is 63.4 Å². The first-order chi connectivity index (χ1) is 17.7. The van der Waals surface area contributed by atoms with Crippen molar-refractivity contribution >= 4 is 23.5 Å². The van der Waals surface area contributed by atoms with Gasteiger partial charge < -0.3 is 20.4 Å². The van der Waals surface area contributed by atoms with Crippen LogP contribution in [0.5, 0.6) is 0 Å². The Hall–Kier alpha value is -3.21. The highest BCUT2D eigenvalue weighted by Gasteiger charge is 2.38. The molecule has 1 saturated heterocycles. The highest BCUT2D eigenvalue weighted by Crippen LogP contribution is 2.38. The molecule has 2 aliphatic rings. The van der Waals surface area contributed by atoms with Gasteiger partial charge in [-0.25, -0.2) is 9.97 Å². The molecule has 0 unspecified atom stereocenters. The monoisotopic (exact) mass is 518 g/mol. The van der Waals surface area contributed by atoms with Gasteiger partial charge in [0, 0.05) is 56.1 Å². The Morgan fingerprint density at radius 1 is 1.08 bits per heavy atom. The minimum absolute atomic E-state index is 0.0358. The Morgan fingerprint density at radius 3 is 2.43 bits per heavy atom. The second-order valence-corrected chi connectivity index (χ2v) is 9.75. The van der Waals surface area contributed by atoms with Crippen LogP contribution >= 0.6 is 0 Å². The van der Waals surface area contributed by atoms with Crippen molar-refractivity contribution in [3.63, 3.8) is 0 Å². The summed E-state index contributed by atoms with van der Waals surface area (Å²) in [5, 5.41) is 5.75. The van der Waals surface area contributed by atoms with E-state index < -0.39 is 11.7 Å². The lowest BCUT2D eigenvalue weighted by molar-refractivity contribution is -0.138. The fourth-order valence-corrected chi connectivity index (χ4v) is 5.07. The van der Waals surface area contributed by atoms with Crippen LogP contribution in [0.25, 0.3) is 0 Å². The smallest absolute Gasteiger partial charge is 0.356 e. The van der Waals surface area contributed by atoms with Crippen LogP contribution in [-0.4, -0.2) is 71.4 Å². The van der Waals surface area contributed by atoms with Crippen molar-refractivity contribution in [3.05, 3.63) is 47.3 Å². The molecule has 1 aliphatic carbocycles. The van der Waals surface area contributed by atoms with Crippen LogP contribution in [0.2, 0.25) is 0 Å². The summed E-state index contributed by atoms with van der Waals surface area (Å²) in [6.45, 7) is 5.28. The first kappa shape index (κ1) is 26.8. The number of carbonyl (C=O) groups excluding carboxylic acids is 2. The lowest BCUT2D eigenvalue weighted by atomic mass is 9.89. The minimum atomic E-state index is -4.60. The molecule has 2 atom stereocenters. The second-order valence-electron chi connectivity index (χ2n) is 9.75. The van der Waals surface area contributed by atoms with Gasteiger partial charge >= 0.3 is 6.18 Å². The molecular weight excluding hydrogens is 485 g/mol. The largest absolute Gasteiger partial charge is 0.419 e. The molecule has 11 heteroatoms. The van der Waals surface area contributed by atoms with Crippen molar-refractivity contribution in [2.24, 2.45) is 11.8 Å². The van der Waals surface area contributed by atoms with Gasteiger partial charge in [-0.2, -0.15) is 13.2 Å². The molecule has 0 radical (unpaired) electrons. The maximum atomic E-state index is 13.7. The molecule has 2 N–H and O–H groups in total. The van der Waals surface area contributed by atoms with Crippen molar-refractivity contribution in [1.82, 2.24) is 25.1 Å². The lowest BCUT2D eigenvalue weighted by Gasteiger charge is -2.32. The van der Waals surface area contributed by atoms with Gasteiger partial charge in [0.25, 0.3) is 5.91 Å². The maximum absolute atomic E-state index is 13.7. The molecule has 0 spiro atoms. The summed E-state index contributed by atoms with van der Waals surface area (Å²) < 4.78 is 41.2. The van der Waals surface area contributed by atoms with E-state index in [4.69, 9.17) is 0 Å². The van der Waals surface area contributed by atoms with E-state index in [1.807, 2.05) is 18.9 Å². The lowest BCUT2D eigenvalue weighted by Crippen LogP contribution is -2.47. The van der Waals surface area contributed by atoms with Crippen LogP contribution in [0.15, 0.2) is 30.5 Å². The number of amides is 2. The van der Waals surface area contributed by atoms with Crippen LogP contribution in [0, 0.1) is 11.8 Å². The fraction of sp³-hybridized carbons (Fsp3) is 0.538. The van der Waals surface area contributed by atoms with Crippen molar-refractivity contribution in [2.45, 2.75) is 38.8 Å². The molecule has 2 amide bonds. The molecular formula is C26H33F3N6O2. The summed E-state index contributed by atoms with van der Waals surface area (Å²) >= 11 is 0. The van der Waals surface area contributed by atoms with E-state index >= 15 is 0 Å². The molecule has 2 fully saturated rings. The number of anilines is 2. The third kappa shape index (κ3) is 6.57. The topological polar surface area (TPSA) is 90.5 Å². The van der Waals surface area contributed by atoms with Gasteiger partial charge in [0.1, 0.15) is 0 Å². The first-order valence-electron chi connectivity index (χ1n) is 12.7. The van der Waals surface area contributed by atoms with Crippen molar-refractivity contribution in [2.75, 3.05) is 45.1 Å². The molecule has 1 saturated carbocycles. The molecule has 2 aromatic rings. The number of halogens is 3. The van der Waals surface area contributed by atoms with E-state index in [1.54, 1.807) is 24.3 Å². The summed E-state index contributed by atoms with van der Waals surface area (Å²) in [5.41, 5.74) is 0.101. The van der Waals surface area contributed by atoms with Crippen LogP contribution in [0.1, 0.15) is 47.8 Å². The third-order valence-electron chi connectivity index (χ3n) is 7.15. The zero-order valence-electron chi connectivity index (χ0n) is 21.1. The van der Waals surface area contributed by atoms with E-state index in [2.05, 4.69) is 25.5 Å². The zero-order valence-corrected chi connectivity index (χ0v) is 21.1.